The number of ether oxygens (including phenoxy) is 2. The van der Waals surface area contributed by atoms with Crippen molar-refractivity contribution in [2.75, 3.05) is 7.11 Å². The molecule has 182 valence electrons. The average Bonchev–Trinajstić information content (AvgIpc) is 3.13. The molecule has 0 aromatic heterocycles. The van der Waals surface area contributed by atoms with Gasteiger partial charge in [0.2, 0.25) is 0 Å². The fraction of sp³-hybridized carbons (Fsp3) is 0.345. The Morgan fingerprint density at radius 1 is 1.00 bits per heavy atom. The second-order valence-electron chi connectivity index (χ2n) is 9.94. The van der Waals surface area contributed by atoms with E-state index in [4.69, 9.17) is 14.5 Å². The number of carbonyl (C=O) groups excluding carboxylic acids is 2. The van der Waals surface area contributed by atoms with Crippen LogP contribution in [0.1, 0.15) is 45.2 Å². The predicted octanol–water partition coefficient (Wildman–Crippen LogP) is 5.46. The highest BCUT2D eigenvalue weighted by atomic mass is 16.6. The van der Waals surface area contributed by atoms with Gasteiger partial charge in [-0.3, -0.25) is 4.99 Å². The summed E-state index contributed by atoms with van der Waals surface area (Å²) in [5, 5.41) is 2.91. The van der Waals surface area contributed by atoms with Gasteiger partial charge in [0, 0.05) is 11.1 Å². The van der Waals surface area contributed by atoms with Crippen LogP contribution in [0.25, 0.3) is 11.1 Å². The number of hydrogen-bond acceptors (Lipinski definition) is 5. The summed E-state index contributed by atoms with van der Waals surface area (Å²) in [6, 6.07) is 14.2. The van der Waals surface area contributed by atoms with Crippen LogP contribution in [-0.2, 0) is 14.3 Å². The molecule has 35 heavy (non-hydrogen) atoms. The number of benzene rings is 2. The molecule has 2 aromatic carbocycles. The van der Waals surface area contributed by atoms with Crippen molar-refractivity contribution in [3.8, 4) is 11.1 Å². The Balaban J connectivity index is 1.83. The standard InChI is InChI=1S/C29H32N2O4/c1-18-11-10-12-19(17-18)24(31-28(33)35-29(2,3)4)26(27(32)34-5)30-25-22-15-8-6-13-20(22)21-14-7-9-16-23(21)25/h6-10,12-18,24,26H,11H2,1-5H3,(H,31,33). The number of nitrogens with zero attached hydrogens (tertiary/aromatic N) is 1. The molecule has 6 nitrogen and oxygen atoms in total. The second-order valence-corrected chi connectivity index (χ2v) is 9.94. The minimum atomic E-state index is -1.01. The molecule has 4 rings (SSSR count). The van der Waals surface area contributed by atoms with Crippen LogP contribution in [0.4, 0.5) is 4.79 Å². The molecule has 2 aliphatic carbocycles. The number of allylic oxidation sites excluding steroid dienone is 2. The highest BCUT2D eigenvalue weighted by Crippen LogP contribution is 2.37. The number of nitrogens with one attached hydrogen (secondary N) is 1. The third kappa shape index (κ3) is 5.37. The van der Waals surface area contributed by atoms with E-state index in [1.54, 1.807) is 20.8 Å². The molecule has 2 aromatic rings. The first-order valence-corrected chi connectivity index (χ1v) is 11.9. The van der Waals surface area contributed by atoms with E-state index in [9.17, 15) is 9.59 Å². The zero-order chi connectivity index (χ0) is 25.2. The van der Waals surface area contributed by atoms with Crippen molar-refractivity contribution in [3.05, 3.63) is 83.5 Å². The van der Waals surface area contributed by atoms with Crippen molar-refractivity contribution < 1.29 is 19.1 Å². The molecule has 3 unspecified atom stereocenters. The highest BCUT2D eigenvalue weighted by Gasteiger charge is 2.36. The van der Waals surface area contributed by atoms with E-state index in [0.717, 1.165) is 34.2 Å². The number of alkyl carbamates (subject to hydrolysis) is 1. The van der Waals surface area contributed by atoms with Crippen LogP contribution in [0.3, 0.4) is 0 Å². The SMILES string of the molecule is COC(=O)C(N=C1c2ccccc2-c2ccccc21)C(NC(=O)OC(C)(C)C)C1=CC(C)CC=C1. The zero-order valence-corrected chi connectivity index (χ0v) is 20.9. The molecule has 0 saturated heterocycles. The summed E-state index contributed by atoms with van der Waals surface area (Å²) in [6.45, 7) is 7.49. The van der Waals surface area contributed by atoms with Gasteiger partial charge in [0.05, 0.1) is 18.9 Å². The van der Waals surface area contributed by atoms with Gasteiger partial charge in [-0.05, 0) is 49.8 Å². The van der Waals surface area contributed by atoms with Crippen LogP contribution in [0.5, 0.6) is 0 Å². The molecule has 1 amide bonds. The second kappa shape index (κ2) is 9.90. The van der Waals surface area contributed by atoms with Gasteiger partial charge < -0.3 is 14.8 Å². The Labute approximate surface area is 206 Å². The van der Waals surface area contributed by atoms with Crippen LogP contribution in [-0.4, -0.2) is 42.6 Å². The molecule has 3 atom stereocenters. The lowest BCUT2D eigenvalue weighted by Gasteiger charge is -2.29. The highest BCUT2D eigenvalue weighted by molar-refractivity contribution is 6.24. The molecular weight excluding hydrogens is 440 g/mol. The van der Waals surface area contributed by atoms with Gasteiger partial charge in [-0.1, -0.05) is 73.7 Å². The summed E-state index contributed by atoms with van der Waals surface area (Å²) in [5.74, 6) is -0.273. The van der Waals surface area contributed by atoms with Gasteiger partial charge >= 0.3 is 12.1 Å². The molecule has 2 aliphatic rings. The van der Waals surface area contributed by atoms with E-state index in [1.807, 2.05) is 60.7 Å². The first-order chi connectivity index (χ1) is 16.7. The van der Waals surface area contributed by atoms with Crippen LogP contribution in [0, 0.1) is 5.92 Å². The van der Waals surface area contributed by atoms with Crippen LogP contribution in [0.15, 0.2) is 77.3 Å². The Kier molecular flexibility index (Phi) is 6.92. The number of esters is 1. The van der Waals surface area contributed by atoms with E-state index in [0.29, 0.717) is 5.71 Å². The molecule has 6 heteroatoms. The van der Waals surface area contributed by atoms with Gasteiger partial charge in [-0.15, -0.1) is 0 Å². The minimum Gasteiger partial charge on any atom is -0.467 e. The van der Waals surface area contributed by atoms with Gasteiger partial charge in [0.1, 0.15) is 5.60 Å². The molecule has 1 N–H and O–H groups in total. The minimum absolute atomic E-state index is 0.261. The number of rotatable bonds is 5. The topological polar surface area (TPSA) is 77.0 Å². The van der Waals surface area contributed by atoms with Crippen molar-refractivity contribution in [1.29, 1.82) is 0 Å². The Bertz CT molecular complexity index is 1170. The smallest absolute Gasteiger partial charge is 0.408 e. The van der Waals surface area contributed by atoms with Crippen molar-refractivity contribution in [2.45, 2.75) is 51.8 Å². The molecule has 0 bridgehead atoms. The van der Waals surface area contributed by atoms with Crippen molar-refractivity contribution >= 4 is 17.8 Å². The Morgan fingerprint density at radius 3 is 2.09 bits per heavy atom. The quantitative estimate of drug-likeness (QED) is 0.500. The van der Waals surface area contributed by atoms with E-state index in [-0.39, 0.29) is 5.92 Å². The number of methoxy groups -OCH3 is 1. The number of amides is 1. The first kappa shape index (κ1) is 24.5. The lowest BCUT2D eigenvalue weighted by Crippen LogP contribution is -2.49. The fourth-order valence-electron chi connectivity index (χ4n) is 4.51. The third-order valence-electron chi connectivity index (χ3n) is 6.01. The van der Waals surface area contributed by atoms with E-state index >= 15 is 0 Å². The summed E-state index contributed by atoms with van der Waals surface area (Å²) >= 11 is 0. The van der Waals surface area contributed by atoms with Crippen molar-refractivity contribution in [3.63, 3.8) is 0 Å². The van der Waals surface area contributed by atoms with Crippen LogP contribution < -0.4 is 5.32 Å². The van der Waals surface area contributed by atoms with Gasteiger partial charge in [-0.25, -0.2) is 9.59 Å². The van der Waals surface area contributed by atoms with Gasteiger partial charge in [-0.2, -0.15) is 0 Å². The van der Waals surface area contributed by atoms with Crippen molar-refractivity contribution in [2.24, 2.45) is 10.9 Å². The number of carbonyl (C=O) groups is 2. The van der Waals surface area contributed by atoms with Gasteiger partial charge in [0.15, 0.2) is 6.04 Å². The Morgan fingerprint density at radius 2 is 1.57 bits per heavy atom. The molecule has 0 spiro atoms. The summed E-state index contributed by atoms with van der Waals surface area (Å²) in [5.41, 5.74) is 4.83. The van der Waals surface area contributed by atoms with E-state index in [1.165, 1.54) is 7.11 Å². The van der Waals surface area contributed by atoms with E-state index in [2.05, 4.69) is 18.3 Å². The molecule has 0 aliphatic heterocycles. The monoisotopic (exact) mass is 472 g/mol. The predicted molar refractivity (Wildman–Crippen MR) is 137 cm³/mol. The fourth-order valence-corrected chi connectivity index (χ4v) is 4.51. The average molecular weight is 473 g/mol. The zero-order valence-electron chi connectivity index (χ0n) is 20.9. The van der Waals surface area contributed by atoms with Crippen molar-refractivity contribution in [1.82, 2.24) is 5.32 Å². The largest absolute Gasteiger partial charge is 0.467 e. The number of aliphatic imine (C=N–C) groups is 1. The third-order valence-corrected chi connectivity index (χ3v) is 6.01. The summed E-state index contributed by atoms with van der Waals surface area (Å²) in [7, 11) is 1.34. The molecule has 0 heterocycles. The lowest BCUT2D eigenvalue weighted by atomic mass is 9.90. The maximum absolute atomic E-state index is 13.2. The maximum atomic E-state index is 13.2. The van der Waals surface area contributed by atoms with E-state index < -0.39 is 29.7 Å². The van der Waals surface area contributed by atoms with Gasteiger partial charge in [0.25, 0.3) is 0 Å². The summed E-state index contributed by atoms with van der Waals surface area (Å²) < 4.78 is 10.7. The van der Waals surface area contributed by atoms with Crippen LogP contribution in [0.2, 0.25) is 0 Å². The summed E-state index contributed by atoms with van der Waals surface area (Å²) in [6.07, 6.45) is 6.33. The normalized spacial score (nSPS) is 18.0. The summed E-state index contributed by atoms with van der Waals surface area (Å²) in [4.78, 5) is 31.0. The maximum Gasteiger partial charge on any atom is 0.408 e. The first-order valence-electron chi connectivity index (χ1n) is 11.9. The Hall–Kier alpha value is -3.67. The lowest BCUT2D eigenvalue weighted by molar-refractivity contribution is -0.142. The molecular formula is C29H32N2O4. The molecule has 0 radical (unpaired) electrons. The molecule has 0 fully saturated rings. The number of fused-ring (bicyclic) bond motifs is 3. The number of hydrogen-bond donors (Lipinski definition) is 1. The molecule has 0 saturated carbocycles. The van der Waals surface area contributed by atoms with Crippen LogP contribution >= 0.6 is 0 Å².